The molecule has 2 aromatic rings. The molecule has 0 heterocycles. The van der Waals surface area contributed by atoms with Crippen molar-refractivity contribution in [3.63, 3.8) is 0 Å². The molecule has 0 unspecified atom stereocenters. The Hall–Kier alpha value is -2.60. The molecule has 25 heavy (non-hydrogen) atoms. The number of unbranched alkanes of at least 4 members (excludes halogenated alkanes) is 1. The van der Waals surface area contributed by atoms with E-state index in [9.17, 15) is 13.2 Å². The molecule has 0 aromatic heterocycles. The summed E-state index contributed by atoms with van der Waals surface area (Å²) in [5.41, 5.74) is 3.64. The van der Waals surface area contributed by atoms with E-state index in [0.717, 1.165) is 21.8 Å². The fraction of sp³-hybridized carbons (Fsp3) is 0.211. The number of hydrogen-bond acceptors (Lipinski definition) is 3. The van der Waals surface area contributed by atoms with Gasteiger partial charge in [0.2, 0.25) is 5.91 Å². The van der Waals surface area contributed by atoms with Crippen LogP contribution in [0.4, 0.5) is 5.69 Å². The van der Waals surface area contributed by atoms with Crippen molar-refractivity contribution in [1.29, 1.82) is 0 Å². The molecule has 0 atom stereocenters. The molecular formula is C19H22N2O3S. The lowest BCUT2D eigenvalue weighted by molar-refractivity contribution is -0.121. The van der Waals surface area contributed by atoms with Gasteiger partial charge in [-0.05, 0) is 30.2 Å². The maximum atomic E-state index is 12.7. The van der Waals surface area contributed by atoms with Crippen molar-refractivity contribution in [3.8, 4) is 0 Å². The number of sulfonamides is 1. The average molecular weight is 358 g/mol. The van der Waals surface area contributed by atoms with E-state index in [1.54, 1.807) is 42.5 Å². The largest absolute Gasteiger partial charge is 0.275 e. The van der Waals surface area contributed by atoms with E-state index >= 15 is 0 Å². The van der Waals surface area contributed by atoms with Gasteiger partial charge >= 0.3 is 0 Å². The number of carbonyl (C=O) groups is 1. The Kier molecular flexibility index (Phi) is 6.77. The van der Waals surface area contributed by atoms with Gasteiger partial charge < -0.3 is 0 Å². The summed E-state index contributed by atoms with van der Waals surface area (Å²) in [4.78, 5) is 12.1. The summed E-state index contributed by atoms with van der Waals surface area (Å²) >= 11 is 0. The maximum Gasteiger partial charge on any atom is 0.275 e. The van der Waals surface area contributed by atoms with E-state index in [1.807, 2.05) is 25.1 Å². The van der Waals surface area contributed by atoms with Crippen LogP contribution in [0.15, 0.2) is 66.1 Å². The van der Waals surface area contributed by atoms with E-state index in [1.165, 1.54) is 6.08 Å². The molecule has 0 bridgehead atoms. The van der Waals surface area contributed by atoms with Crippen molar-refractivity contribution in [2.75, 3.05) is 4.41 Å². The highest BCUT2D eigenvalue weighted by atomic mass is 32.2. The van der Waals surface area contributed by atoms with E-state index in [4.69, 9.17) is 0 Å². The van der Waals surface area contributed by atoms with Gasteiger partial charge in [0.15, 0.2) is 0 Å². The second-order valence-corrected chi connectivity index (χ2v) is 7.16. The Labute approximate surface area is 149 Å². The molecule has 0 aliphatic rings. The minimum Gasteiger partial charge on any atom is -0.273 e. The zero-order valence-corrected chi connectivity index (χ0v) is 14.9. The molecule has 1 amide bonds. The Bertz CT molecular complexity index is 803. The van der Waals surface area contributed by atoms with Crippen LogP contribution in [0.1, 0.15) is 31.7 Å². The summed E-state index contributed by atoms with van der Waals surface area (Å²) in [6.07, 6.45) is 3.34. The summed E-state index contributed by atoms with van der Waals surface area (Å²) in [6, 6.07) is 17.6. The molecule has 0 radical (unpaired) electrons. The third kappa shape index (κ3) is 5.76. The van der Waals surface area contributed by atoms with Gasteiger partial charge in [-0.25, -0.2) is 0 Å². The molecule has 132 valence electrons. The molecule has 6 heteroatoms. The molecule has 0 spiro atoms. The number of rotatable bonds is 8. The Balaban J connectivity index is 2.27. The molecule has 0 fully saturated rings. The Morgan fingerprint density at radius 1 is 1.04 bits per heavy atom. The normalized spacial score (nSPS) is 11.4. The van der Waals surface area contributed by atoms with Crippen LogP contribution in [-0.2, 0) is 14.8 Å². The highest BCUT2D eigenvalue weighted by Crippen LogP contribution is 2.17. The number of hydrazine groups is 1. The first-order valence-electron chi connectivity index (χ1n) is 8.16. The number of nitrogens with zero attached hydrogens (tertiary/aromatic N) is 1. The predicted octanol–water partition coefficient (Wildman–Crippen LogP) is 3.72. The number of amides is 1. The van der Waals surface area contributed by atoms with Gasteiger partial charge in [0.05, 0.1) is 11.1 Å². The Morgan fingerprint density at radius 2 is 1.64 bits per heavy atom. The molecule has 0 aliphatic heterocycles. The first kappa shape index (κ1) is 18.7. The fourth-order valence-corrected chi connectivity index (χ4v) is 3.23. The summed E-state index contributed by atoms with van der Waals surface area (Å²) in [7, 11) is -3.87. The third-order valence-corrected chi connectivity index (χ3v) is 4.75. The maximum absolute atomic E-state index is 12.7. The number of para-hydroxylation sites is 1. The lowest BCUT2D eigenvalue weighted by atomic mass is 10.2. The minimum absolute atomic E-state index is 0.276. The fourth-order valence-electron chi connectivity index (χ4n) is 2.13. The molecular weight excluding hydrogens is 336 g/mol. The molecule has 0 saturated heterocycles. The van der Waals surface area contributed by atoms with Gasteiger partial charge in [-0.3, -0.25) is 10.2 Å². The monoisotopic (exact) mass is 358 g/mol. The van der Waals surface area contributed by atoms with Crippen molar-refractivity contribution in [2.24, 2.45) is 0 Å². The first-order chi connectivity index (χ1) is 12.0. The van der Waals surface area contributed by atoms with Crippen molar-refractivity contribution >= 4 is 27.7 Å². The van der Waals surface area contributed by atoms with Crippen LogP contribution >= 0.6 is 0 Å². The summed E-state index contributed by atoms with van der Waals surface area (Å²) < 4.78 is 26.4. The van der Waals surface area contributed by atoms with Gasteiger partial charge in [-0.2, -0.15) is 12.8 Å². The SMILES string of the molecule is CCCCC(=O)NN(c1ccccc1)S(=O)(=O)C=Cc1ccccc1. The Morgan fingerprint density at radius 3 is 2.24 bits per heavy atom. The lowest BCUT2D eigenvalue weighted by Crippen LogP contribution is -2.45. The van der Waals surface area contributed by atoms with Crippen LogP contribution < -0.4 is 9.84 Å². The average Bonchev–Trinajstić information content (AvgIpc) is 2.64. The second-order valence-electron chi connectivity index (χ2n) is 5.50. The highest BCUT2D eigenvalue weighted by molar-refractivity contribution is 7.95. The quantitative estimate of drug-likeness (QED) is 0.732. The van der Waals surface area contributed by atoms with Crippen LogP contribution in [0, 0.1) is 0 Å². The number of anilines is 1. The standard InChI is InChI=1S/C19H22N2O3S/c1-2-3-14-19(22)20-21(18-12-8-5-9-13-18)25(23,24)16-15-17-10-6-4-7-11-17/h4-13,15-16H,2-3,14H2,1H3,(H,20,22). The van der Waals surface area contributed by atoms with Crippen LogP contribution in [0.2, 0.25) is 0 Å². The van der Waals surface area contributed by atoms with Crippen LogP contribution in [0.5, 0.6) is 0 Å². The van der Waals surface area contributed by atoms with Crippen molar-refractivity contribution < 1.29 is 13.2 Å². The smallest absolute Gasteiger partial charge is 0.273 e. The van der Waals surface area contributed by atoms with E-state index in [-0.39, 0.29) is 12.3 Å². The molecule has 0 saturated carbocycles. The van der Waals surface area contributed by atoms with Crippen molar-refractivity contribution in [1.82, 2.24) is 5.43 Å². The summed E-state index contributed by atoms with van der Waals surface area (Å²) in [5, 5.41) is 1.09. The van der Waals surface area contributed by atoms with Crippen molar-refractivity contribution in [2.45, 2.75) is 26.2 Å². The van der Waals surface area contributed by atoms with Gasteiger partial charge in [-0.15, -0.1) is 0 Å². The third-order valence-electron chi connectivity index (χ3n) is 3.46. The summed E-state index contributed by atoms with van der Waals surface area (Å²) in [5.74, 6) is -0.331. The molecule has 5 nitrogen and oxygen atoms in total. The molecule has 2 aromatic carbocycles. The van der Waals surface area contributed by atoms with Crippen LogP contribution in [-0.4, -0.2) is 14.3 Å². The molecule has 0 aliphatic carbocycles. The van der Waals surface area contributed by atoms with Gasteiger partial charge in [0, 0.05) is 6.42 Å². The zero-order valence-electron chi connectivity index (χ0n) is 14.1. The van der Waals surface area contributed by atoms with E-state index < -0.39 is 10.0 Å². The molecule has 2 rings (SSSR count). The summed E-state index contributed by atoms with van der Waals surface area (Å²) in [6.45, 7) is 1.97. The first-order valence-corrected chi connectivity index (χ1v) is 9.66. The minimum atomic E-state index is -3.87. The lowest BCUT2D eigenvalue weighted by Gasteiger charge is -2.23. The number of benzene rings is 2. The number of hydrogen-bond donors (Lipinski definition) is 1. The number of nitrogens with one attached hydrogen (secondary N) is 1. The van der Waals surface area contributed by atoms with E-state index in [2.05, 4.69) is 5.43 Å². The second kappa shape index (κ2) is 9.03. The van der Waals surface area contributed by atoms with Crippen LogP contribution in [0.25, 0.3) is 6.08 Å². The topological polar surface area (TPSA) is 66.5 Å². The van der Waals surface area contributed by atoms with Crippen molar-refractivity contribution in [3.05, 3.63) is 71.6 Å². The highest BCUT2D eigenvalue weighted by Gasteiger charge is 2.21. The van der Waals surface area contributed by atoms with Crippen LogP contribution in [0.3, 0.4) is 0 Å². The zero-order chi connectivity index (χ0) is 18.1. The molecule has 1 N–H and O–H groups in total. The van der Waals surface area contributed by atoms with Gasteiger partial charge in [-0.1, -0.05) is 61.9 Å². The number of carbonyl (C=O) groups excluding carboxylic acids is 1. The predicted molar refractivity (Wildman–Crippen MR) is 101 cm³/mol. The van der Waals surface area contributed by atoms with Gasteiger partial charge in [0.1, 0.15) is 0 Å². The van der Waals surface area contributed by atoms with Gasteiger partial charge in [0.25, 0.3) is 10.0 Å². The van der Waals surface area contributed by atoms with E-state index in [0.29, 0.717) is 12.1 Å².